The maximum atomic E-state index is 12.9. The molecule has 3 N–H and O–H groups in total. The molecule has 0 radical (unpaired) electrons. The highest BCUT2D eigenvalue weighted by Crippen LogP contribution is 2.42. The van der Waals surface area contributed by atoms with Crippen molar-refractivity contribution in [2.45, 2.75) is 13.8 Å². The maximum Gasteiger partial charge on any atom is 0.263 e. The molecule has 0 aromatic heterocycles. The highest BCUT2D eigenvalue weighted by atomic mass is 16.8. The number of hydrogen-bond donors (Lipinski definition) is 3. The van der Waals surface area contributed by atoms with Crippen LogP contribution in [0.5, 0.6) is 23.0 Å². The summed E-state index contributed by atoms with van der Waals surface area (Å²) in [5, 5.41) is 22.7. The molecule has 0 bridgehead atoms. The molecule has 3 aromatic rings. The Hall–Kier alpha value is -3.39. The summed E-state index contributed by atoms with van der Waals surface area (Å²) in [6, 6.07) is 15.3. The quantitative estimate of drug-likeness (QED) is 0.602. The summed E-state index contributed by atoms with van der Waals surface area (Å²) >= 11 is 0. The predicted molar refractivity (Wildman–Crippen MR) is 103 cm³/mol. The molecule has 7 heteroatoms. The monoisotopic (exact) mass is 378 g/mol. The fourth-order valence-electron chi connectivity index (χ4n) is 2.95. The number of fused-ring (bicyclic) bond motifs is 2. The van der Waals surface area contributed by atoms with Crippen LogP contribution in [0.4, 0.5) is 11.4 Å². The molecular weight excluding hydrogens is 360 g/mol. The van der Waals surface area contributed by atoms with Crippen LogP contribution in [0.25, 0.3) is 0 Å². The van der Waals surface area contributed by atoms with E-state index >= 15 is 0 Å². The third-order valence-corrected chi connectivity index (χ3v) is 4.39. The minimum atomic E-state index is -1.14. The van der Waals surface area contributed by atoms with Crippen LogP contribution in [-0.4, -0.2) is 11.1 Å². The van der Waals surface area contributed by atoms with Crippen molar-refractivity contribution in [1.82, 2.24) is 0 Å². The van der Waals surface area contributed by atoms with Crippen molar-refractivity contribution in [2.75, 3.05) is 5.32 Å². The van der Waals surface area contributed by atoms with E-state index in [1.807, 2.05) is 32.0 Å². The molecule has 142 valence electrons. The van der Waals surface area contributed by atoms with Crippen LogP contribution < -0.4 is 20.0 Å². The zero-order chi connectivity index (χ0) is 19.8. The van der Waals surface area contributed by atoms with Crippen LogP contribution in [0.1, 0.15) is 21.5 Å². The van der Waals surface area contributed by atoms with Gasteiger partial charge in [0, 0.05) is 12.1 Å². The summed E-state index contributed by atoms with van der Waals surface area (Å²) < 4.78 is 11.8. The van der Waals surface area contributed by atoms with Crippen LogP contribution >= 0.6 is 0 Å². The first-order valence-corrected chi connectivity index (χ1v) is 8.66. The van der Waals surface area contributed by atoms with E-state index in [0.29, 0.717) is 17.2 Å². The van der Waals surface area contributed by atoms with Gasteiger partial charge in [0.05, 0.1) is 5.69 Å². The molecule has 0 saturated heterocycles. The maximum absolute atomic E-state index is 12.9. The fourth-order valence-corrected chi connectivity index (χ4v) is 2.95. The Morgan fingerprint density at radius 1 is 1.00 bits per heavy atom. The molecule has 3 aromatic carbocycles. The molecule has 1 unspecified atom stereocenters. The summed E-state index contributed by atoms with van der Waals surface area (Å²) in [6.07, 6.45) is 0. The molecule has 7 nitrogen and oxygen atoms in total. The van der Waals surface area contributed by atoms with E-state index in [1.54, 1.807) is 24.3 Å². The number of carbonyl (C=O) groups excluding carboxylic acids is 1. The first kappa shape index (κ1) is 18.0. The van der Waals surface area contributed by atoms with E-state index in [2.05, 4.69) is 5.32 Å². The molecule has 4 rings (SSSR count). The topological polar surface area (TPSA) is 95.3 Å². The summed E-state index contributed by atoms with van der Waals surface area (Å²) in [5.74, 6) is 0.734. The highest BCUT2D eigenvalue weighted by molar-refractivity contribution is 6.10. The smallest absolute Gasteiger partial charge is 0.263 e. The minimum absolute atomic E-state index is 0.0373. The summed E-state index contributed by atoms with van der Waals surface area (Å²) in [5.41, 5.74) is 2.61. The molecule has 0 fully saturated rings. The number of quaternary nitrogens is 1. The standard InChI is InChI=1S/C21H18N2O5/c1-12-3-6-15(7-4-12)27-18-10-14(23(25)26)11-19-20(18)21(24)22-16-8-5-13(2)9-17(16)28-19/h3-11,23,25H,1-2H3,(H,22,24). The second-order valence-electron chi connectivity index (χ2n) is 6.62. The second kappa shape index (κ2) is 6.97. The van der Waals surface area contributed by atoms with Gasteiger partial charge in [-0.2, -0.15) is 5.23 Å². The van der Waals surface area contributed by atoms with Gasteiger partial charge in [0.15, 0.2) is 11.4 Å². The fraction of sp³-hybridized carbons (Fsp3) is 0.0952. The predicted octanol–water partition coefficient (Wildman–Crippen LogP) is 3.86. The van der Waals surface area contributed by atoms with Crippen molar-refractivity contribution in [3.8, 4) is 23.0 Å². The Labute approximate surface area is 161 Å². The molecule has 28 heavy (non-hydrogen) atoms. The van der Waals surface area contributed by atoms with Gasteiger partial charge in [0.25, 0.3) is 5.91 Å². The lowest BCUT2D eigenvalue weighted by atomic mass is 10.1. The number of benzene rings is 3. The summed E-state index contributed by atoms with van der Waals surface area (Å²) in [7, 11) is 0. The Bertz CT molecular complexity index is 1060. The van der Waals surface area contributed by atoms with E-state index in [1.165, 1.54) is 12.1 Å². The normalized spacial score (nSPS) is 13.5. The summed E-state index contributed by atoms with van der Waals surface area (Å²) in [4.78, 5) is 12.9. The number of ether oxygens (including phenoxy) is 2. The first-order valence-electron chi connectivity index (χ1n) is 8.66. The van der Waals surface area contributed by atoms with Crippen LogP contribution in [0.3, 0.4) is 0 Å². The van der Waals surface area contributed by atoms with Crippen LogP contribution in [0.15, 0.2) is 54.6 Å². The molecule has 1 amide bonds. The molecule has 1 atom stereocenters. The molecule has 1 aliphatic rings. The Kier molecular flexibility index (Phi) is 4.48. The number of nitrogens with one attached hydrogen (secondary N) is 2. The highest BCUT2D eigenvalue weighted by Gasteiger charge is 2.28. The van der Waals surface area contributed by atoms with Gasteiger partial charge < -0.3 is 20.0 Å². The van der Waals surface area contributed by atoms with Gasteiger partial charge in [-0.3, -0.25) is 4.79 Å². The Morgan fingerprint density at radius 3 is 2.43 bits per heavy atom. The molecule has 0 aliphatic carbocycles. The van der Waals surface area contributed by atoms with E-state index in [4.69, 9.17) is 9.47 Å². The Balaban J connectivity index is 1.85. The lowest BCUT2D eigenvalue weighted by molar-refractivity contribution is -0.991. The van der Waals surface area contributed by atoms with Gasteiger partial charge in [-0.25, -0.2) is 5.21 Å². The average molecular weight is 378 g/mol. The molecule has 1 heterocycles. The Morgan fingerprint density at radius 2 is 1.71 bits per heavy atom. The lowest BCUT2D eigenvalue weighted by Gasteiger charge is -2.17. The minimum Gasteiger partial charge on any atom is -0.595 e. The van der Waals surface area contributed by atoms with Crippen molar-refractivity contribution in [1.29, 1.82) is 0 Å². The number of amides is 1. The van der Waals surface area contributed by atoms with Gasteiger partial charge in [-0.15, -0.1) is 0 Å². The number of anilines is 1. The van der Waals surface area contributed by atoms with E-state index < -0.39 is 11.1 Å². The summed E-state index contributed by atoms with van der Waals surface area (Å²) in [6.45, 7) is 3.85. The number of hydrogen-bond acceptors (Lipinski definition) is 5. The van der Waals surface area contributed by atoms with E-state index in [0.717, 1.165) is 11.1 Å². The molecule has 0 saturated carbocycles. The van der Waals surface area contributed by atoms with Gasteiger partial charge in [0.2, 0.25) is 0 Å². The van der Waals surface area contributed by atoms with Crippen molar-refractivity contribution in [2.24, 2.45) is 0 Å². The van der Waals surface area contributed by atoms with Crippen molar-refractivity contribution in [3.63, 3.8) is 0 Å². The van der Waals surface area contributed by atoms with Gasteiger partial charge in [-0.05, 0) is 43.7 Å². The van der Waals surface area contributed by atoms with Crippen LogP contribution in [0.2, 0.25) is 0 Å². The lowest BCUT2D eigenvalue weighted by Crippen LogP contribution is -2.99. The average Bonchev–Trinajstić information content (AvgIpc) is 2.79. The number of aryl methyl sites for hydroxylation is 2. The number of carbonyl (C=O) groups is 1. The van der Waals surface area contributed by atoms with E-state index in [-0.39, 0.29) is 22.7 Å². The zero-order valence-corrected chi connectivity index (χ0v) is 15.3. The van der Waals surface area contributed by atoms with E-state index in [9.17, 15) is 15.2 Å². The van der Waals surface area contributed by atoms with Crippen molar-refractivity contribution < 1.29 is 24.7 Å². The van der Waals surface area contributed by atoms with Crippen molar-refractivity contribution >= 4 is 17.3 Å². The van der Waals surface area contributed by atoms with Crippen LogP contribution in [-0.2, 0) is 0 Å². The van der Waals surface area contributed by atoms with Gasteiger partial charge in [0.1, 0.15) is 22.8 Å². The zero-order valence-electron chi connectivity index (χ0n) is 15.3. The van der Waals surface area contributed by atoms with Crippen molar-refractivity contribution in [3.05, 3.63) is 76.5 Å². The SMILES string of the molecule is Cc1ccc(Oc2cc([NH+]([O-])O)cc3c2C(=O)Nc2ccc(C)cc2O3)cc1. The largest absolute Gasteiger partial charge is 0.595 e. The second-order valence-corrected chi connectivity index (χ2v) is 6.62. The number of rotatable bonds is 3. The van der Waals surface area contributed by atoms with Gasteiger partial charge >= 0.3 is 0 Å². The first-order chi connectivity index (χ1) is 13.4. The third-order valence-electron chi connectivity index (χ3n) is 4.39. The third kappa shape index (κ3) is 3.41. The van der Waals surface area contributed by atoms with Crippen LogP contribution in [0, 0.1) is 19.1 Å². The molecular formula is C21H18N2O5. The molecule has 1 aliphatic heterocycles. The molecule has 0 spiro atoms. The van der Waals surface area contributed by atoms with Gasteiger partial charge in [-0.1, -0.05) is 23.8 Å².